The monoisotopic (exact) mass is 865 g/mol. The van der Waals surface area contributed by atoms with Crippen molar-refractivity contribution in [2.24, 2.45) is 0 Å². The molecule has 60 heavy (non-hydrogen) atoms. The maximum Gasteiger partial charge on any atom is 0.472 e. The maximum absolute atomic E-state index is 12.6. The van der Waals surface area contributed by atoms with Crippen molar-refractivity contribution < 1.29 is 43.0 Å². The van der Waals surface area contributed by atoms with Crippen molar-refractivity contribution >= 4 is 13.8 Å². The van der Waals surface area contributed by atoms with Crippen molar-refractivity contribution in [3.8, 4) is 0 Å². The molecule has 0 aliphatic rings. The Hall–Kier alpha value is -2.10. The van der Waals surface area contributed by atoms with Crippen LogP contribution >= 0.6 is 7.82 Å². The molecule has 0 aromatic carbocycles. The van der Waals surface area contributed by atoms with Gasteiger partial charge >= 0.3 is 13.8 Å². The molecule has 0 bridgehead atoms. The first-order chi connectivity index (χ1) is 29.3. The van der Waals surface area contributed by atoms with E-state index in [1.807, 2.05) is 0 Å². The zero-order valence-electron chi connectivity index (χ0n) is 38.2. The second-order valence-corrected chi connectivity index (χ2v) is 17.2. The van der Waals surface area contributed by atoms with Gasteiger partial charge in [0.15, 0.2) is 0 Å². The Labute approximate surface area is 367 Å². The molecule has 9 nitrogen and oxygen atoms in total. The summed E-state index contributed by atoms with van der Waals surface area (Å²) in [6.45, 7) is 3.36. The van der Waals surface area contributed by atoms with Crippen LogP contribution in [0.5, 0.6) is 0 Å². The van der Waals surface area contributed by atoms with E-state index in [-0.39, 0.29) is 19.6 Å². The van der Waals surface area contributed by atoms with Crippen LogP contribution < -0.4 is 0 Å². The van der Waals surface area contributed by atoms with Crippen LogP contribution in [0.15, 0.2) is 72.9 Å². The van der Waals surface area contributed by atoms with Gasteiger partial charge in [0.25, 0.3) is 0 Å². The Bertz CT molecular complexity index is 1160. The summed E-state index contributed by atoms with van der Waals surface area (Å²) in [5, 5.41) is 18.4. The van der Waals surface area contributed by atoms with Crippen LogP contribution in [0.4, 0.5) is 0 Å². The number of hydrogen-bond donors (Lipinski definition) is 3. The molecule has 3 atom stereocenters. The molecule has 0 rings (SSSR count). The van der Waals surface area contributed by atoms with Gasteiger partial charge in [-0.05, 0) is 83.5 Å². The van der Waals surface area contributed by atoms with Crippen LogP contribution in [0, 0.1) is 0 Å². The van der Waals surface area contributed by atoms with Gasteiger partial charge in [-0.1, -0.05) is 177 Å². The van der Waals surface area contributed by atoms with E-state index in [2.05, 4.69) is 86.8 Å². The summed E-state index contributed by atoms with van der Waals surface area (Å²) in [6.07, 6.45) is 55.7. The molecular formula is C50H89O9P. The number of unbranched alkanes of at least 4 members (excludes halogenated alkanes) is 19. The number of rotatable bonds is 45. The van der Waals surface area contributed by atoms with Crippen molar-refractivity contribution in [2.75, 3.05) is 33.0 Å². The van der Waals surface area contributed by atoms with E-state index in [1.54, 1.807) is 0 Å². The summed E-state index contributed by atoms with van der Waals surface area (Å²) in [4.78, 5) is 22.6. The normalized spacial score (nSPS) is 14.6. The first kappa shape index (κ1) is 57.9. The van der Waals surface area contributed by atoms with Gasteiger partial charge in [-0.25, -0.2) is 4.57 Å². The van der Waals surface area contributed by atoms with Gasteiger partial charge in [-0.2, -0.15) is 0 Å². The maximum atomic E-state index is 12.6. The Balaban J connectivity index is 4.16. The molecule has 0 aliphatic carbocycles. The smallest absolute Gasteiger partial charge is 0.457 e. The number of phosphoric acid groups is 1. The molecule has 0 aliphatic heterocycles. The average molecular weight is 865 g/mol. The third kappa shape index (κ3) is 45.4. The number of aliphatic hydroxyl groups excluding tert-OH is 2. The second-order valence-electron chi connectivity index (χ2n) is 15.7. The fraction of sp³-hybridized carbons (Fsp3) is 0.740. The minimum Gasteiger partial charge on any atom is -0.457 e. The molecular weight excluding hydrogens is 776 g/mol. The molecule has 0 fully saturated rings. The van der Waals surface area contributed by atoms with Crippen molar-refractivity contribution in [1.82, 2.24) is 0 Å². The quantitative estimate of drug-likeness (QED) is 0.0237. The standard InChI is InChI=1S/C50H89O9P/c1-3-5-7-9-11-13-15-17-19-21-22-23-24-25-27-29-31-33-35-37-39-41-43-56-46-49(47-58-60(54,55)57-45-48(52)44-51)59-50(53)42-40-38-36-34-32-30-28-26-20-18-16-14-12-10-8-6-4-2/h6,8,12,14-15,17-18,20-22,24-25,48-49,51-52H,3-5,7,9-11,13,16,19,23,26-47H2,1-2H3,(H,54,55)/b8-6-,14-12-,17-15-,20-18-,22-21-,25-24-. The Morgan fingerprint density at radius 1 is 0.533 bits per heavy atom. The third-order valence-electron chi connectivity index (χ3n) is 9.88. The Morgan fingerprint density at radius 3 is 1.43 bits per heavy atom. The van der Waals surface area contributed by atoms with Crippen molar-refractivity contribution in [1.29, 1.82) is 0 Å². The predicted octanol–water partition coefficient (Wildman–Crippen LogP) is 13.7. The van der Waals surface area contributed by atoms with Crippen molar-refractivity contribution in [2.45, 2.75) is 206 Å². The highest BCUT2D eigenvalue weighted by Crippen LogP contribution is 2.43. The van der Waals surface area contributed by atoms with Crippen molar-refractivity contribution in [3.05, 3.63) is 72.9 Å². The van der Waals surface area contributed by atoms with Gasteiger partial charge in [0.2, 0.25) is 0 Å². The highest BCUT2D eigenvalue weighted by molar-refractivity contribution is 7.47. The number of ether oxygens (including phenoxy) is 2. The minimum atomic E-state index is -4.53. The van der Waals surface area contributed by atoms with E-state index in [0.717, 1.165) is 83.5 Å². The SMILES string of the molecule is CC/C=C\C/C=C\C/C=C\CCCCCCCCCC(=O)OC(COCCCCCCCCC/C=C\C/C=C\C/C=C\CCCCCCC)COP(=O)(O)OCC(O)CO. The van der Waals surface area contributed by atoms with E-state index >= 15 is 0 Å². The summed E-state index contributed by atoms with van der Waals surface area (Å²) in [7, 11) is -4.53. The van der Waals surface area contributed by atoms with Gasteiger partial charge < -0.3 is 24.6 Å². The average Bonchev–Trinajstić information content (AvgIpc) is 3.24. The number of aliphatic hydroxyl groups is 2. The third-order valence-corrected chi connectivity index (χ3v) is 10.8. The molecule has 10 heteroatoms. The van der Waals surface area contributed by atoms with Crippen LogP contribution in [-0.2, 0) is 27.9 Å². The first-order valence-electron chi connectivity index (χ1n) is 23.9. The lowest BCUT2D eigenvalue weighted by Gasteiger charge is -2.20. The molecule has 3 N–H and O–H groups in total. The van der Waals surface area contributed by atoms with Gasteiger partial charge in [0.1, 0.15) is 12.2 Å². The highest BCUT2D eigenvalue weighted by atomic mass is 31.2. The van der Waals surface area contributed by atoms with Gasteiger partial charge in [0, 0.05) is 13.0 Å². The van der Waals surface area contributed by atoms with Crippen LogP contribution in [0.25, 0.3) is 0 Å². The van der Waals surface area contributed by atoms with E-state index in [1.165, 1.54) is 83.5 Å². The van der Waals surface area contributed by atoms with Gasteiger partial charge in [0.05, 0.1) is 26.4 Å². The zero-order valence-corrected chi connectivity index (χ0v) is 39.1. The predicted molar refractivity (Wildman–Crippen MR) is 251 cm³/mol. The lowest BCUT2D eigenvalue weighted by atomic mass is 10.1. The largest absolute Gasteiger partial charge is 0.472 e. The summed E-state index contributed by atoms with van der Waals surface area (Å²) >= 11 is 0. The van der Waals surface area contributed by atoms with E-state index in [4.69, 9.17) is 23.6 Å². The van der Waals surface area contributed by atoms with Crippen molar-refractivity contribution in [3.63, 3.8) is 0 Å². The topological polar surface area (TPSA) is 132 Å². The summed E-state index contributed by atoms with van der Waals surface area (Å²) in [5.74, 6) is -0.398. The molecule has 0 saturated carbocycles. The fourth-order valence-electron chi connectivity index (χ4n) is 6.26. The number of phosphoric ester groups is 1. The second kappa shape index (κ2) is 46.4. The fourth-order valence-corrected chi connectivity index (χ4v) is 7.05. The number of carbonyl (C=O) groups is 1. The minimum absolute atomic E-state index is 0.0349. The molecule has 0 aromatic heterocycles. The van der Waals surface area contributed by atoms with Gasteiger partial charge in [-0.3, -0.25) is 13.8 Å². The van der Waals surface area contributed by atoms with E-state index in [9.17, 15) is 19.4 Å². The summed E-state index contributed by atoms with van der Waals surface area (Å²) in [6, 6.07) is 0. The number of allylic oxidation sites excluding steroid dienone is 12. The van der Waals surface area contributed by atoms with E-state index < -0.39 is 39.2 Å². The molecule has 0 amide bonds. The number of esters is 1. The molecule has 0 radical (unpaired) electrons. The first-order valence-corrected chi connectivity index (χ1v) is 25.4. The molecule has 0 heterocycles. The summed E-state index contributed by atoms with van der Waals surface area (Å²) < 4.78 is 33.4. The number of hydrogen-bond acceptors (Lipinski definition) is 8. The van der Waals surface area contributed by atoms with Crippen LogP contribution in [0.3, 0.4) is 0 Å². The lowest BCUT2D eigenvalue weighted by molar-refractivity contribution is -0.154. The van der Waals surface area contributed by atoms with Crippen LogP contribution in [-0.4, -0.2) is 66.3 Å². The molecule has 0 spiro atoms. The lowest BCUT2D eigenvalue weighted by Crippen LogP contribution is -2.29. The van der Waals surface area contributed by atoms with Crippen LogP contribution in [0.1, 0.15) is 194 Å². The zero-order chi connectivity index (χ0) is 43.9. The highest BCUT2D eigenvalue weighted by Gasteiger charge is 2.26. The summed E-state index contributed by atoms with van der Waals surface area (Å²) in [5.41, 5.74) is 0. The molecule has 0 saturated heterocycles. The van der Waals surface area contributed by atoms with Crippen LogP contribution in [0.2, 0.25) is 0 Å². The molecule has 3 unspecified atom stereocenters. The van der Waals surface area contributed by atoms with Gasteiger partial charge in [-0.15, -0.1) is 0 Å². The molecule has 348 valence electrons. The Morgan fingerprint density at radius 2 is 0.950 bits per heavy atom. The Kier molecular flexibility index (Phi) is 44.8. The number of carbonyl (C=O) groups excluding carboxylic acids is 1. The molecule has 0 aromatic rings. The van der Waals surface area contributed by atoms with E-state index in [0.29, 0.717) is 13.0 Å².